The summed E-state index contributed by atoms with van der Waals surface area (Å²) in [6.07, 6.45) is 3.30. The number of hydrogen-bond acceptors (Lipinski definition) is 6. The summed E-state index contributed by atoms with van der Waals surface area (Å²) in [5.74, 6) is 0.0951. The van der Waals surface area contributed by atoms with Gasteiger partial charge in [0.1, 0.15) is 5.82 Å². The van der Waals surface area contributed by atoms with E-state index in [-0.39, 0.29) is 16.4 Å². The molecule has 1 aromatic carbocycles. The molecule has 2 N–H and O–H groups in total. The summed E-state index contributed by atoms with van der Waals surface area (Å²) in [7, 11) is -3.57. The highest BCUT2D eigenvalue weighted by molar-refractivity contribution is 7.89. The molecule has 3 aromatic rings. The molecule has 2 aromatic heterocycles. The molecule has 10 nitrogen and oxygen atoms in total. The smallest absolute Gasteiger partial charge is 0.256 e. The van der Waals surface area contributed by atoms with Gasteiger partial charge in [0.25, 0.3) is 11.5 Å². The Labute approximate surface area is 198 Å². The van der Waals surface area contributed by atoms with Crippen molar-refractivity contribution in [3.05, 3.63) is 63.2 Å². The first-order valence-electron chi connectivity index (χ1n) is 11.3. The number of sulfonamides is 1. The van der Waals surface area contributed by atoms with Crippen LogP contribution in [-0.2, 0) is 16.4 Å². The number of nitrogens with zero attached hydrogens (tertiary/aromatic N) is 4. The summed E-state index contributed by atoms with van der Waals surface area (Å²) in [5.41, 5.74) is 1.86. The first-order valence-corrected chi connectivity index (χ1v) is 12.7. The summed E-state index contributed by atoms with van der Waals surface area (Å²) >= 11 is 0. The number of amides is 1. The van der Waals surface area contributed by atoms with Crippen LogP contribution in [0.4, 0.5) is 5.82 Å². The molecule has 1 aliphatic heterocycles. The van der Waals surface area contributed by atoms with E-state index in [0.717, 1.165) is 19.3 Å². The predicted molar refractivity (Wildman–Crippen MR) is 128 cm³/mol. The molecule has 1 fully saturated rings. The number of anilines is 1. The Balaban J connectivity index is 1.57. The summed E-state index contributed by atoms with van der Waals surface area (Å²) in [4.78, 5) is 32.6. The molecule has 3 heterocycles. The van der Waals surface area contributed by atoms with Crippen LogP contribution >= 0.6 is 0 Å². The van der Waals surface area contributed by atoms with Crippen molar-refractivity contribution in [3.8, 4) is 5.95 Å². The summed E-state index contributed by atoms with van der Waals surface area (Å²) in [6, 6.07) is 7.54. The van der Waals surface area contributed by atoms with Crippen LogP contribution in [0.15, 0.2) is 40.0 Å². The van der Waals surface area contributed by atoms with Crippen LogP contribution in [-0.4, -0.2) is 51.5 Å². The van der Waals surface area contributed by atoms with Crippen molar-refractivity contribution in [1.29, 1.82) is 0 Å². The minimum absolute atomic E-state index is 0.167. The number of aryl methyl sites for hydroxylation is 2. The fourth-order valence-corrected chi connectivity index (χ4v) is 5.60. The molecule has 1 saturated heterocycles. The zero-order valence-electron chi connectivity index (χ0n) is 19.5. The third-order valence-corrected chi connectivity index (χ3v) is 7.82. The highest BCUT2D eigenvalue weighted by Crippen LogP contribution is 2.22. The lowest BCUT2D eigenvalue weighted by molar-refractivity contribution is 0.102. The normalized spacial score (nSPS) is 14.8. The molecule has 11 heteroatoms. The monoisotopic (exact) mass is 484 g/mol. The van der Waals surface area contributed by atoms with Gasteiger partial charge in [0, 0.05) is 36.0 Å². The largest absolute Gasteiger partial charge is 0.306 e. The number of hydrogen-bond donors (Lipinski definition) is 2. The van der Waals surface area contributed by atoms with E-state index in [2.05, 4.69) is 20.4 Å². The van der Waals surface area contributed by atoms with Crippen molar-refractivity contribution in [2.45, 2.75) is 51.3 Å². The fourth-order valence-electron chi connectivity index (χ4n) is 4.08. The fraction of sp³-hybridized carbons (Fsp3) is 0.391. The predicted octanol–water partition coefficient (Wildman–Crippen LogP) is 2.56. The third-order valence-electron chi connectivity index (χ3n) is 5.91. The van der Waals surface area contributed by atoms with Gasteiger partial charge in [0.05, 0.1) is 10.6 Å². The Morgan fingerprint density at radius 1 is 1.12 bits per heavy atom. The van der Waals surface area contributed by atoms with E-state index in [0.29, 0.717) is 47.8 Å². The number of piperidine rings is 1. The van der Waals surface area contributed by atoms with Gasteiger partial charge in [0.15, 0.2) is 0 Å². The number of benzene rings is 1. The highest BCUT2D eigenvalue weighted by atomic mass is 32.2. The van der Waals surface area contributed by atoms with Crippen molar-refractivity contribution in [2.75, 3.05) is 18.4 Å². The van der Waals surface area contributed by atoms with E-state index in [1.807, 2.05) is 6.92 Å². The van der Waals surface area contributed by atoms with Crippen LogP contribution < -0.4 is 10.9 Å². The van der Waals surface area contributed by atoms with Gasteiger partial charge in [0.2, 0.25) is 16.0 Å². The average molecular weight is 485 g/mol. The van der Waals surface area contributed by atoms with Crippen LogP contribution in [0, 0.1) is 13.8 Å². The molecule has 34 heavy (non-hydrogen) atoms. The van der Waals surface area contributed by atoms with E-state index < -0.39 is 15.9 Å². The van der Waals surface area contributed by atoms with E-state index in [1.54, 1.807) is 19.9 Å². The van der Waals surface area contributed by atoms with E-state index in [1.165, 1.54) is 33.3 Å². The number of carbonyl (C=O) groups is 1. The number of aromatic amines is 1. The van der Waals surface area contributed by atoms with E-state index >= 15 is 0 Å². The van der Waals surface area contributed by atoms with E-state index in [4.69, 9.17) is 0 Å². The van der Waals surface area contributed by atoms with Crippen molar-refractivity contribution in [1.82, 2.24) is 24.1 Å². The maximum atomic E-state index is 12.9. The first-order chi connectivity index (χ1) is 16.2. The quantitative estimate of drug-likeness (QED) is 0.553. The van der Waals surface area contributed by atoms with Gasteiger partial charge in [-0.15, -0.1) is 0 Å². The Hall–Kier alpha value is -3.31. The van der Waals surface area contributed by atoms with Crippen molar-refractivity contribution < 1.29 is 13.2 Å². The third kappa shape index (κ3) is 4.66. The lowest BCUT2D eigenvalue weighted by Gasteiger charge is -2.25. The van der Waals surface area contributed by atoms with Gasteiger partial charge in [-0.2, -0.15) is 14.1 Å². The van der Waals surface area contributed by atoms with Gasteiger partial charge in [-0.3, -0.25) is 14.6 Å². The van der Waals surface area contributed by atoms with Gasteiger partial charge >= 0.3 is 0 Å². The number of nitrogens with one attached hydrogen (secondary N) is 2. The SMILES string of the molecule is CCc1c(C)nc(-n2nc(C)cc2NC(=O)c2ccc(S(=O)(=O)N3CCCCC3)cc2)[nH]c1=O. The van der Waals surface area contributed by atoms with Gasteiger partial charge in [-0.05, 0) is 57.4 Å². The van der Waals surface area contributed by atoms with Crippen molar-refractivity contribution in [3.63, 3.8) is 0 Å². The second kappa shape index (κ2) is 9.51. The minimum Gasteiger partial charge on any atom is -0.306 e. The van der Waals surface area contributed by atoms with Crippen LogP contribution in [0.2, 0.25) is 0 Å². The second-order valence-corrected chi connectivity index (χ2v) is 10.3. The number of rotatable bonds is 6. The molecule has 0 unspecified atom stereocenters. The molecule has 0 saturated carbocycles. The molecular weight excluding hydrogens is 456 g/mol. The minimum atomic E-state index is -3.57. The average Bonchev–Trinajstić information content (AvgIpc) is 3.19. The Bertz CT molecular complexity index is 1370. The van der Waals surface area contributed by atoms with Crippen LogP contribution in [0.5, 0.6) is 0 Å². The topological polar surface area (TPSA) is 130 Å². The number of carbonyl (C=O) groups excluding carboxylic acids is 1. The Kier molecular flexibility index (Phi) is 6.67. The zero-order valence-corrected chi connectivity index (χ0v) is 20.3. The Morgan fingerprint density at radius 3 is 2.41 bits per heavy atom. The maximum absolute atomic E-state index is 12.9. The first kappa shape index (κ1) is 23.8. The lowest BCUT2D eigenvalue weighted by atomic mass is 10.2. The van der Waals surface area contributed by atoms with Gasteiger partial charge < -0.3 is 5.32 Å². The molecule has 0 aliphatic carbocycles. The summed E-state index contributed by atoms with van der Waals surface area (Å²) in [5, 5.41) is 7.12. The molecule has 0 spiro atoms. The standard InChI is InChI=1S/C23H28N6O4S/c1-4-19-16(3)24-23(26-22(19)31)29-20(14-15(2)27-29)25-21(30)17-8-10-18(11-9-17)34(32,33)28-12-6-5-7-13-28/h8-11,14H,4-7,12-13H2,1-3H3,(H,25,30)(H,24,26,31). The Morgan fingerprint density at radius 2 is 1.79 bits per heavy atom. The molecule has 4 rings (SSSR count). The van der Waals surface area contributed by atoms with E-state index in [9.17, 15) is 18.0 Å². The highest BCUT2D eigenvalue weighted by Gasteiger charge is 2.26. The lowest BCUT2D eigenvalue weighted by Crippen LogP contribution is -2.35. The maximum Gasteiger partial charge on any atom is 0.256 e. The molecular formula is C23H28N6O4S. The van der Waals surface area contributed by atoms with Gasteiger partial charge in [-0.1, -0.05) is 13.3 Å². The van der Waals surface area contributed by atoms with Crippen LogP contribution in [0.1, 0.15) is 53.5 Å². The molecule has 0 radical (unpaired) electrons. The molecule has 0 bridgehead atoms. The summed E-state index contributed by atoms with van der Waals surface area (Å²) in [6.45, 7) is 6.43. The zero-order chi connectivity index (χ0) is 24.5. The molecule has 1 amide bonds. The van der Waals surface area contributed by atoms with Crippen molar-refractivity contribution in [2.24, 2.45) is 0 Å². The molecule has 0 atom stereocenters. The molecule has 1 aliphatic rings. The van der Waals surface area contributed by atoms with Gasteiger partial charge in [-0.25, -0.2) is 13.4 Å². The van der Waals surface area contributed by atoms with Crippen LogP contribution in [0.25, 0.3) is 5.95 Å². The van der Waals surface area contributed by atoms with Crippen molar-refractivity contribution >= 4 is 21.7 Å². The number of aromatic nitrogens is 4. The number of H-pyrrole nitrogens is 1. The summed E-state index contributed by atoms with van der Waals surface area (Å²) < 4.78 is 28.5. The molecule has 180 valence electrons. The second-order valence-electron chi connectivity index (χ2n) is 8.33. The van der Waals surface area contributed by atoms with Crippen LogP contribution in [0.3, 0.4) is 0 Å².